The van der Waals surface area contributed by atoms with Crippen LogP contribution in [-0.4, -0.2) is 25.5 Å². The van der Waals surface area contributed by atoms with Crippen molar-refractivity contribution in [1.29, 1.82) is 0 Å². The second kappa shape index (κ2) is 5.19. The van der Waals surface area contributed by atoms with Crippen LogP contribution in [0.25, 0.3) is 0 Å². The molecule has 0 aliphatic heterocycles. The van der Waals surface area contributed by atoms with E-state index in [9.17, 15) is 5.11 Å². The third-order valence-corrected chi connectivity index (χ3v) is 4.89. The second-order valence-corrected chi connectivity index (χ2v) is 6.06. The molecule has 0 saturated heterocycles. The van der Waals surface area contributed by atoms with Gasteiger partial charge < -0.3 is 5.11 Å². The lowest BCUT2D eigenvalue weighted by Gasteiger charge is -2.30. The number of halogens is 1. The van der Waals surface area contributed by atoms with Crippen molar-refractivity contribution in [3.63, 3.8) is 0 Å². The van der Waals surface area contributed by atoms with Crippen molar-refractivity contribution in [1.82, 2.24) is 14.8 Å². The Bertz CT molecular complexity index is 587. The van der Waals surface area contributed by atoms with Gasteiger partial charge in [0.15, 0.2) is 0 Å². The van der Waals surface area contributed by atoms with E-state index in [2.05, 4.69) is 23.1 Å². The van der Waals surface area contributed by atoms with E-state index in [-0.39, 0.29) is 11.8 Å². The number of benzene rings is 1. The lowest BCUT2D eigenvalue weighted by molar-refractivity contribution is -0.0132. The molecule has 5 heteroatoms. The molecule has 1 aliphatic carbocycles. The quantitative estimate of drug-likeness (QED) is 0.946. The lowest BCUT2D eigenvalue weighted by Crippen LogP contribution is -2.38. The van der Waals surface area contributed by atoms with Gasteiger partial charge in [0.1, 0.15) is 12.7 Å². The Hall–Kier alpha value is -1.39. The molecule has 3 rings (SSSR count). The standard InChI is InChI=1S/C15H18ClN3O/c1-11-12(13-4-2-3-5-14(13)16)6-7-15(11,20)8-19-10-17-9-18-19/h2-5,9-12,20H,6-8H2,1H3. The van der Waals surface area contributed by atoms with Crippen molar-refractivity contribution < 1.29 is 5.11 Å². The Kier molecular flexibility index (Phi) is 3.52. The molecule has 2 aromatic rings. The minimum atomic E-state index is -0.752. The van der Waals surface area contributed by atoms with Crippen molar-refractivity contribution in [3.05, 3.63) is 47.5 Å². The Morgan fingerprint density at radius 3 is 2.95 bits per heavy atom. The molecule has 106 valence electrons. The number of nitrogens with zero attached hydrogens (tertiary/aromatic N) is 3. The highest BCUT2D eigenvalue weighted by molar-refractivity contribution is 6.31. The molecule has 0 radical (unpaired) electrons. The van der Waals surface area contributed by atoms with Crippen LogP contribution in [0.2, 0.25) is 5.02 Å². The van der Waals surface area contributed by atoms with Crippen LogP contribution in [0.5, 0.6) is 0 Å². The van der Waals surface area contributed by atoms with Crippen molar-refractivity contribution in [2.24, 2.45) is 5.92 Å². The van der Waals surface area contributed by atoms with Gasteiger partial charge in [-0.1, -0.05) is 36.7 Å². The molecule has 1 heterocycles. The highest BCUT2D eigenvalue weighted by Crippen LogP contribution is 2.48. The van der Waals surface area contributed by atoms with Crippen LogP contribution >= 0.6 is 11.6 Å². The molecule has 3 unspecified atom stereocenters. The number of aromatic nitrogens is 3. The molecule has 1 fully saturated rings. The van der Waals surface area contributed by atoms with Gasteiger partial charge in [0, 0.05) is 5.02 Å². The maximum absolute atomic E-state index is 10.9. The largest absolute Gasteiger partial charge is 0.388 e. The monoisotopic (exact) mass is 291 g/mol. The molecule has 0 spiro atoms. The summed E-state index contributed by atoms with van der Waals surface area (Å²) in [7, 11) is 0. The number of rotatable bonds is 3. The van der Waals surface area contributed by atoms with Crippen LogP contribution in [0.4, 0.5) is 0 Å². The van der Waals surface area contributed by atoms with Gasteiger partial charge >= 0.3 is 0 Å². The first-order valence-corrected chi connectivity index (χ1v) is 7.27. The van der Waals surface area contributed by atoms with Crippen LogP contribution < -0.4 is 0 Å². The minimum Gasteiger partial charge on any atom is -0.388 e. The van der Waals surface area contributed by atoms with Crippen LogP contribution in [0.15, 0.2) is 36.9 Å². The summed E-state index contributed by atoms with van der Waals surface area (Å²) >= 11 is 6.30. The third-order valence-electron chi connectivity index (χ3n) is 4.55. The van der Waals surface area contributed by atoms with E-state index in [0.29, 0.717) is 6.54 Å². The van der Waals surface area contributed by atoms with E-state index in [1.54, 1.807) is 11.0 Å². The highest BCUT2D eigenvalue weighted by atomic mass is 35.5. The average molecular weight is 292 g/mol. The van der Waals surface area contributed by atoms with Gasteiger partial charge in [-0.3, -0.25) is 4.68 Å². The Morgan fingerprint density at radius 2 is 2.25 bits per heavy atom. The molecule has 0 amide bonds. The van der Waals surface area contributed by atoms with Crippen LogP contribution in [0.3, 0.4) is 0 Å². The van der Waals surface area contributed by atoms with Gasteiger partial charge in [0.25, 0.3) is 0 Å². The Balaban J connectivity index is 1.83. The number of hydrogen-bond acceptors (Lipinski definition) is 3. The summed E-state index contributed by atoms with van der Waals surface area (Å²) in [6.07, 6.45) is 4.84. The lowest BCUT2D eigenvalue weighted by atomic mass is 9.83. The van der Waals surface area contributed by atoms with E-state index in [0.717, 1.165) is 23.4 Å². The first-order chi connectivity index (χ1) is 9.60. The zero-order valence-electron chi connectivity index (χ0n) is 11.4. The van der Waals surface area contributed by atoms with Gasteiger partial charge in [-0.15, -0.1) is 0 Å². The van der Waals surface area contributed by atoms with Crippen molar-refractivity contribution in [3.8, 4) is 0 Å². The summed E-state index contributed by atoms with van der Waals surface area (Å²) in [4.78, 5) is 3.93. The summed E-state index contributed by atoms with van der Waals surface area (Å²) in [6, 6.07) is 7.92. The number of aliphatic hydroxyl groups is 1. The smallest absolute Gasteiger partial charge is 0.137 e. The van der Waals surface area contributed by atoms with E-state index < -0.39 is 5.60 Å². The van der Waals surface area contributed by atoms with Crippen molar-refractivity contribution in [2.75, 3.05) is 0 Å². The van der Waals surface area contributed by atoms with Crippen LogP contribution in [-0.2, 0) is 6.54 Å². The molecule has 4 nitrogen and oxygen atoms in total. The van der Waals surface area contributed by atoms with Gasteiger partial charge in [-0.05, 0) is 36.3 Å². The molecule has 1 saturated carbocycles. The molecule has 1 N–H and O–H groups in total. The maximum atomic E-state index is 10.9. The Labute approximate surface area is 123 Å². The molecule has 20 heavy (non-hydrogen) atoms. The first kappa shape index (κ1) is 13.6. The summed E-state index contributed by atoms with van der Waals surface area (Å²) < 4.78 is 1.70. The molecule has 1 aliphatic rings. The third kappa shape index (κ3) is 2.34. The molecule has 1 aromatic heterocycles. The molecule has 3 atom stereocenters. The van der Waals surface area contributed by atoms with Crippen molar-refractivity contribution >= 4 is 11.6 Å². The molecule has 1 aromatic carbocycles. The topological polar surface area (TPSA) is 50.9 Å². The summed E-state index contributed by atoms with van der Waals surface area (Å²) in [6.45, 7) is 2.58. The summed E-state index contributed by atoms with van der Waals surface area (Å²) in [5.41, 5.74) is 0.383. The highest BCUT2D eigenvalue weighted by Gasteiger charge is 2.45. The van der Waals surface area contributed by atoms with Crippen LogP contribution in [0.1, 0.15) is 31.2 Å². The fraction of sp³-hybridized carbons (Fsp3) is 0.467. The van der Waals surface area contributed by atoms with Gasteiger partial charge in [0.2, 0.25) is 0 Å². The fourth-order valence-electron chi connectivity index (χ4n) is 3.28. The average Bonchev–Trinajstić information content (AvgIpc) is 3.02. The van der Waals surface area contributed by atoms with Gasteiger partial charge in [0.05, 0.1) is 12.1 Å². The van der Waals surface area contributed by atoms with E-state index in [1.807, 2.05) is 18.2 Å². The SMILES string of the molecule is CC1C(c2ccccc2Cl)CCC1(O)Cn1cncn1. The van der Waals surface area contributed by atoms with E-state index >= 15 is 0 Å². The predicted molar refractivity (Wildman–Crippen MR) is 77.6 cm³/mol. The Morgan fingerprint density at radius 1 is 1.45 bits per heavy atom. The van der Waals surface area contributed by atoms with Crippen LogP contribution in [0, 0.1) is 5.92 Å². The van der Waals surface area contributed by atoms with Crippen molar-refractivity contribution in [2.45, 2.75) is 37.8 Å². The summed E-state index contributed by atoms with van der Waals surface area (Å²) in [5, 5.41) is 15.8. The molecule has 0 bridgehead atoms. The molecular weight excluding hydrogens is 274 g/mol. The van der Waals surface area contributed by atoms with E-state index in [4.69, 9.17) is 11.6 Å². The van der Waals surface area contributed by atoms with E-state index in [1.165, 1.54) is 6.33 Å². The fourth-order valence-corrected chi connectivity index (χ4v) is 3.55. The molecular formula is C15H18ClN3O. The zero-order chi connectivity index (χ0) is 14.2. The maximum Gasteiger partial charge on any atom is 0.137 e. The minimum absolute atomic E-state index is 0.131. The zero-order valence-corrected chi connectivity index (χ0v) is 12.2. The second-order valence-electron chi connectivity index (χ2n) is 5.65. The number of hydrogen-bond donors (Lipinski definition) is 1. The summed E-state index contributed by atoms with van der Waals surface area (Å²) in [5.74, 6) is 0.420. The predicted octanol–water partition coefficient (Wildman–Crippen LogP) is 2.88. The van der Waals surface area contributed by atoms with Gasteiger partial charge in [-0.2, -0.15) is 5.10 Å². The van der Waals surface area contributed by atoms with Gasteiger partial charge in [-0.25, -0.2) is 4.98 Å². The normalized spacial score (nSPS) is 29.8. The first-order valence-electron chi connectivity index (χ1n) is 6.89.